The topological polar surface area (TPSA) is 100 Å². The maximum Gasteiger partial charge on any atom is 0.425 e. The van der Waals surface area contributed by atoms with Crippen molar-refractivity contribution in [3.05, 3.63) is 94.9 Å². The summed E-state index contributed by atoms with van der Waals surface area (Å²) in [6, 6.07) is 17.4. The molecule has 0 saturated carbocycles. The molecule has 1 amide bonds. The van der Waals surface area contributed by atoms with Gasteiger partial charge in [-0.05, 0) is 54.1 Å². The molecule has 0 radical (unpaired) electrons. The van der Waals surface area contributed by atoms with E-state index in [9.17, 15) is 26.7 Å². The molecule has 0 aliphatic heterocycles. The molecule has 41 heavy (non-hydrogen) atoms. The minimum Gasteiger partial charge on any atom is -0.755 e. The third kappa shape index (κ3) is 5.76. The van der Waals surface area contributed by atoms with E-state index in [1.165, 1.54) is 12.1 Å². The molecule has 8 nitrogen and oxygen atoms in total. The van der Waals surface area contributed by atoms with Crippen LogP contribution in [-0.4, -0.2) is 36.0 Å². The van der Waals surface area contributed by atoms with Crippen molar-refractivity contribution in [3.8, 4) is 5.69 Å². The maximum absolute atomic E-state index is 13.3. The lowest BCUT2D eigenvalue weighted by molar-refractivity contribution is -0.137. The Kier molecular flexibility index (Phi) is 7.98. The first-order chi connectivity index (χ1) is 19.6. The normalized spacial score (nSPS) is 12.5. The molecule has 212 valence electrons. The summed E-state index contributed by atoms with van der Waals surface area (Å²) in [4.78, 5) is 21.3. The van der Waals surface area contributed by atoms with Crippen LogP contribution in [-0.2, 0) is 35.0 Å². The largest absolute Gasteiger partial charge is 0.755 e. The summed E-state index contributed by atoms with van der Waals surface area (Å²) in [7, 11) is 0. The van der Waals surface area contributed by atoms with Gasteiger partial charge in [0, 0.05) is 30.1 Å². The number of imidazole rings is 1. The summed E-state index contributed by atoms with van der Waals surface area (Å²) in [5.74, 6) is 0.561. The number of nitrogens with zero attached hydrogens (tertiary/aromatic N) is 4. The van der Waals surface area contributed by atoms with Gasteiger partial charge in [-0.3, -0.25) is 13.8 Å². The average molecular weight is 602 g/mol. The average Bonchev–Trinajstić information content (AvgIpc) is 3.30. The van der Waals surface area contributed by atoms with Crippen molar-refractivity contribution < 1.29 is 31.5 Å². The van der Waals surface area contributed by atoms with Gasteiger partial charge in [0.1, 0.15) is 5.82 Å². The van der Waals surface area contributed by atoms with Crippen LogP contribution >= 0.6 is 11.6 Å². The van der Waals surface area contributed by atoms with E-state index in [-0.39, 0.29) is 24.2 Å². The number of aromatic nitrogens is 3. The van der Waals surface area contributed by atoms with E-state index in [1.54, 1.807) is 59.3 Å². The molecule has 0 bridgehead atoms. The number of fused-ring (bicyclic) bond motifs is 2. The number of alkyl halides is 3. The molecule has 2 aromatic heterocycles. The van der Waals surface area contributed by atoms with E-state index >= 15 is 0 Å². The van der Waals surface area contributed by atoms with E-state index < -0.39 is 34.1 Å². The van der Waals surface area contributed by atoms with Crippen LogP contribution in [0.2, 0.25) is 5.02 Å². The molecule has 0 aliphatic rings. The Bertz CT molecular complexity index is 1770. The van der Waals surface area contributed by atoms with Crippen LogP contribution in [0.25, 0.3) is 27.6 Å². The van der Waals surface area contributed by atoms with Crippen LogP contribution in [0.15, 0.2) is 72.9 Å². The molecule has 0 aliphatic carbocycles. The third-order valence-corrected chi connectivity index (χ3v) is 7.36. The predicted octanol–water partition coefficient (Wildman–Crippen LogP) is 6.79. The first-order valence-corrected chi connectivity index (χ1v) is 13.8. The summed E-state index contributed by atoms with van der Waals surface area (Å²) < 4.78 is 71.4. The number of anilines is 1. The smallest absolute Gasteiger partial charge is 0.425 e. The lowest BCUT2D eigenvalue weighted by Gasteiger charge is -2.24. The summed E-state index contributed by atoms with van der Waals surface area (Å²) in [5.41, 5.74) is 1.77. The van der Waals surface area contributed by atoms with Crippen LogP contribution in [0.4, 0.5) is 23.7 Å². The minimum absolute atomic E-state index is 0.0983. The van der Waals surface area contributed by atoms with E-state index in [0.717, 1.165) is 11.6 Å². The van der Waals surface area contributed by atoms with Gasteiger partial charge in [0.15, 0.2) is 0 Å². The second kappa shape index (κ2) is 11.5. The Morgan fingerprint density at radius 1 is 1.10 bits per heavy atom. The molecule has 1 atom stereocenters. The van der Waals surface area contributed by atoms with E-state index in [4.69, 9.17) is 16.3 Å². The lowest BCUT2D eigenvalue weighted by Crippen LogP contribution is -2.33. The van der Waals surface area contributed by atoms with Gasteiger partial charge in [0.2, 0.25) is 0 Å². The number of pyridine rings is 1. The second-order valence-corrected chi connectivity index (χ2v) is 10.1. The molecule has 2 heterocycles. The molecule has 0 saturated heterocycles. The number of ether oxygens (including phenoxy) is 1. The Morgan fingerprint density at radius 2 is 1.85 bits per heavy atom. The van der Waals surface area contributed by atoms with Gasteiger partial charge in [-0.15, -0.1) is 0 Å². The number of halogens is 4. The van der Waals surface area contributed by atoms with Crippen LogP contribution in [0.3, 0.4) is 0 Å². The van der Waals surface area contributed by atoms with Crippen molar-refractivity contribution in [1.82, 2.24) is 14.5 Å². The Labute approximate surface area is 239 Å². The molecule has 5 rings (SSSR count). The highest BCUT2D eigenvalue weighted by molar-refractivity contribution is 7.81. The molecule has 0 fully saturated rings. The maximum atomic E-state index is 13.3. The van der Waals surface area contributed by atoms with E-state index in [2.05, 4.69) is 9.97 Å². The SMILES string of the molecule is CCc1nc2cc(C(F)(F)F)c(Cl)cc2n1-c1ccc(CCOC(=O)N(c2cccc3ncccc23)S(=O)[O-])cc1. The van der Waals surface area contributed by atoms with Gasteiger partial charge in [-0.25, -0.2) is 14.1 Å². The highest BCUT2D eigenvalue weighted by Crippen LogP contribution is 2.38. The molecule has 0 N–H and O–H groups in total. The Hall–Kier alpha value is -4.00. The molecule has 3 aromatic carbocycles. The fourth-order valence-corrected chi connectivity index (χ4v) is 5.28. The fraction of sp³-hybridized carbons (Fsp3) is 0.179. The third-order valence-electron chi connectivity index (χ3n) is 6.40. The number of carbonyl (C=O) groups excluding carboxylic acids is 1. The van der Waals surface area contributed by atoms with Crippen molar-refractivity contribution >= 4 is 56.6 Å². The molecule has 13 heteroatoms. The number of amides is 1. The molecule has 1 unspecified atom stereocenters. The molecule has 0 spiro atoms. The van der Waals surface area contributed by atoms with Crippen LogP contribution in [0, 0.1) is 0 Å². The Morgan fingerprint density at radius 3 is 2.54 bits per heavy atom. The highest BCUT2D eigenvalue weighted by Gasteiger charge is 2.34. The number of rotatable bonds is 7. The first-order valence-electron chi connectivity index (χ1n) is 12.4. The van der Waals surface area contributed by atoms with Gasteiger partial charge in [0.05, 0.1) is 50.7 Å². The van der Waals surface area contributed by atoms with Gasteiger partial charge >= 0.3 is 12.3 Å². The zero-order chi connectivity index (χ0) is 29.3. The number of hydrogen-bond donors (Lipinski definition) is 0. The standard InChI is InChI=1S/C28H22ClF3N4O4S/c1-2-26-34-23-15-20(28(30,31)32)21(29)16-25(23)35(26)18-10-8-17(9-11-18)12-14-40-27(37)36(41(38)39)24-7-3-6-22-19(24)5-4-13-33-22/h3-11,13,15-16H,2,12,14H2,1H3,(H,38,39)/p-1. The zero-order valence-electron chi connectivity index (χ0n) is 21.4. The van der Waals surface area contributed by atoms with Gasteiger partial charge in [-0.2, -0.15) is 13.2 Å². The number of hydrogen-bond acceptors (Lipinski definition) is 6. The summed E-state index contributed by atoms with van der Waals surface area (Å²) in [6.45, 7) is 1.75. The predicted molar refractivity (Wildman–Crippen MR) is 149 cm³/mol. The molecular formula is C28H21ClF3N4O4S-. The van der Waals surface area contributed by atoms with Crippen molar-refractivity contribution in [2.45, 2.75) is 25.9 Å². The van der Waals surface area contributed by atoms with Gasteiger partial charge in [-0.1, -0.05) is 36.7 Å². The van der Waals surface area contributed by atoms with Crippen molar-refractivity contribution in [1.29, 1.82) is 0 Å². The quantitative estimate of drug-likeness (QED) is 0.190. The molecule has 5 aromatic rings. The monoisotopic (exact) mass is 601 g/mol. The first kappa shape index (κ1) is 28.5. The summed E-state index contributed by atoms with van der Waals surface area (Å²) in [6.07, 6.45) is -3.34. The second-order valence-electron chi connectivity index (χ2n) is 8.93. The van der Waals surface area contributed by atoms with Crippen molar-refractivity contribution in [2.24, 2.45) is 0 Å². The summed E-state index contributed by atoms with van der Waals surface area (Å²) in [5, 5.41) is 0.0567. The van der Waals surface area contributed by atoms with E-state index in [0.29, 0.717) is 38.7 Å². The number of benzene rings is 3. The zero-order valence-corrected chi connectivity index (χ0v) is 23.0. The highest BCUT2D eigenvalue weighted by atomic mass is 35.5. The van der Waals surface area contributed by atoms with Crippen molar-refractivity contribution in [2.75, 3.05) is 10.9 Å². The molecular weight excluding hydrogens is 581 g/mol. The van der Waals surface area contributed by atoms with Crippen LogP contribution < -0.4 is 4.31 Å². The van der Waals surface area contributed by atoms with Crippen molar-refractivity contribution in [3.63, 3.8) is 0 Å². The van der Waals surface area contributed by atoms with Gasteiger partial charge < -0.3 is 9.29 Å². The summed E-state index contributed by atoms with van der Waals surface area (Å²) >= 11 is 3.04. The lowest BCUT2D eigenvalue weighted by atomic mass is 10.1. The fourth-order valence-electron chi connectivity index (χ4n) is 4.52. The van der Waals surface area contributed by atoms with Gasteiger partial charge in [0.25, 0.3) is 0 Å². The number of aryl methyl sites for hydroxylation is 1. The van der Waals surface area contributed by atoms with E-state index in [1.807, 2.05) is 6.92 Å². The minimum atomic E-state index is -4.60. The van der Waals surface area contributed by atoms with Crippen LogP contribution in [0.1, 0.15) is 23.9 Å². The number of carbonyl (C=O) groups is 1. The van der Waals surface area contributed by atoms with Crippen LogP contribution in [0.5, 0.6) is 0 Å². The Balaban J connectivity index is 1.32.